The smallest absolute Gasteiger partial charge is 0.247 e. The molecule has 0 fully saturated rings. The predicted molar refractivity (Wildman–Crippen MR) is 72.4 cm³/mol. The lowest BCUT2D eigenvalue weighted by molar-refractivity contribution is -0.115. The minimum absolute atomic E-state index is 0.0342. The van der Waals surface area contributed by atoms with Crippen LogP contribution in [0.1, 0.15) is 47.0 Å². The zero-order valence-corrected chi connectivity index (χ0v) is 11.3. The van der Waals surface area contributed by atoms with E-state index in [0.29, 0.717) is 0 Å². The van der Waals surface area contributed by atoms with Crippen molar-refractivity contribution in [1.29, 1.82) is 0 Å². The Morgan fingerprint density at radius 1 is 1.24 bits per heavy atom. The summed E-state index contributed by atoms with van der Waals surface area (Å²) in [6.07, 6.45) is 11.0. The maximum absolute atomic E-state index is 11.6. The van der Waals surface area contributed by atoms with Crippen molar-refractivity contribution in [3.8, 4) is 0 Å². The molecule has 17 heavy (non-hydrogen) atoms. The monoisotopic (exact) mass is 233 g/mol. The maximum atomic E-state index is 11.6. The Balaban J connectivity index is 2.88. The van der Waals surface area contributed by atoms with Crippen LogP contribution in [0.15, 0.2) is 35.6 Å². The van der Waals surface area contributed by atoms with Crippen LogP contribution in [0.25, 0.3) is 0 Å². The molecule has 0 bridgehead atoms. The average Bonchev–Trinajstić information content (AvgIpc) is 2.23. The lowest BCUT2D eigenvalue weighted by Gasteiger charge is -2.18. The largest absolute Gasteiger partial charge is 0.327 e. The molecular formula is C15H23NO. The number of hydrogen-bond acceptors (Lipinski definition) is 1. The molecule has 0 saturated heterocycles. The number of allylic oxidation sites excluding steroid dienone is 5. The van der Waals surface area contributed by atoms with Gasteiger partial charge < -0.3 is 5.32 Å². The van der Waals surface area contributed by atoms with Gasteiger partial charge in [-0.25, -0.2) is 0 Å². The predicted octanol–water partition coefficient (Wildman–Crippen LogP) is 3.72. The lowest BCUT2D eigenvalue weighted by Crippen LogP contribution is -2.20. The Kier molecular flexibility index (Phi) is 4.73. The van der Waals surface area contributed by atoms with Gasteiger partial charge in [-0.2, -0.15) is 0 Å². The quantitative estimate of drug-likeness (QED) is 0.635. The molecular weight excluding hydrogens is 210 g/mol. The van der Waals surface area contributed by atoms with Crippen LogP contribution in [0, 0.1) is 5.41 Å². The summed E-state index contributed by atoms with van der Waals surface area (Å²) in [4.78, 5) is 11.6. The van der Waals surface area contributed by atoms with Crippen molar-refractivity contribution in [2.75, 3.05) is 0 Å². The maximum Gasteiger partial charge on any atom is 0.247 e. The molecule has 1 aliphatic heterocycles. The zero-order chi connectivity index (χ0) is 12.9. The van der Waals surface area contributed by atoms with E-state index in [1.807, 2.05) is 13.0 Å². The highest BCUT2D eigenvalue weighted by Gasteiger charge is 2.13. The summed E-state index contributed by atoms with van der Waals surface area (Å²) in [7, 11) is 0. The summed E-state index contributed by atoms with van der Waals surface area (Å²) in [6.45, 7) is 8.40. The van der Waals surface area contributed by atoms with Gasteiger partial charge in [0.2, 0.25) is 5.91 Å². The third kappa shape index (κ3) is 5.53. The van der Waals surface area contributed by atoms with Gasteiger partial charge in [0.25, 0.3) is 0 Å². The zero-order valence-electron chi connectivity index (χ0n) is 11.3. The molecule has 1 N–H and O–H groups in total. The van der Waals surface area contributed by atoms with Crippen LogP contribution in [0.3, 0.4) is 0 Å². The summed E-state index contributed by atoms with van der Waals surface area (Å²) in [5.74, 6) is -0.0342. The molecule has 94 valence electrons. The topological polar surface area (TPSA) is 29.1 Å². The molecule has 1 amide bonds. The van der Waals surface area contributed by atoms with Gasteiger partial charge in [-0.15, -0.1) is 0 Å². The summed E-state index contributed by atoms with van der Waals surface area (Å²) in [5, 5.41) is 2.87. The minimum atomic E-state index is -0.0342. The number of nitrogens with one attached hydrogen (secondary N) is 1. The second kappa shape index (κ2) is 5.85. The number of carbonyl (C=O) groups excluding carboxylic acids is 1. The Bertz CT molecular complexity index is 372. The first-order chi connectivity index (χ1) is 7.89. The minimum Gasteiger partial charge on any atom is -0.327 e. The molecule has 1 aliphatic rings. The van der Waals surface area contributed by atoms with Crippen molar-refractivity contribution in [1.82, 2.24) is 5.32 Å². The van der Waals surface area contributed by atoms with Gasteiger partial charge in [-0.3, -0.25) is 4.79 Å². The van der Waals surface area contributed by atoms with E-state index in [9.17, 15) is 4.79 Å². The fourth-order valence-electron chi connectivity index (χ4n) is 1.71. The van der Waals surface area contributed by atoms with Crippen molar-refractivity contribution >= 4 is 5.91 Å². The highest BCUT2D eigenvalue weighted by atomic mass is 16.1. The second-order valence-corrected chi connectivity index (χ2v) is 5.49. The van der Waals surface area contributed by atoms with Crippen LogP contribution in [0.5, 0.6) is 0 Å². The van der Waals surface area contributed by atoms with E-state index in [1.54, 1.807) is 6.08 Å². The number of amides is 1. The number of carbonyl (C=O) groups is 1. The van der Waals surface area contributed by atoms with Gasteiger partial charge in [0.1, 0.15) is 0 Å². The van der Waals surface area contributed by atoms with Gasteiger partial charge in [0, 0.05) is 5.70 Å². The molecule has 0 aromatic rings. The molecule has 0 aromatic carbocycles. The third-order valence-electron chi connectivity index (χ3n) is 2.97. The molecule has 0 aromatic heterocycles. The summed E-state index contributed by atoms with van der Waals surface area (Å²) in [6, 6.07) is 0. The summed E-state index contributed by atoms with van der Waals surface area (Å²) in [5.41, 5.74) is 2.39. The van der Waals surface area contributed by atoms with Crippen molar-refractivity contribution in [2.45, 2.75) is 47.0 Å². The average molecular weight is 233 g/mol. The van der Waals surface area contributed by atoms with E-state index in [2.05, 4.69) is 38.2 Å². The van der Waals surface area contributed by atoms with E-state index >= 15 is 0 Å². The van der Waals surface area contributed by atoms with Crippen LogP contribution < -0.4 is 5.32 Å². The normalized spacial score (nSPS) is 29.8. The Morgan fingerprint density at radius 2 is 1.94 bits per heavy atom. The van der Waals surface area contributed by atoms with E-state index in [4.69, 9.17) is 0 Å². The molecule has 0 radical (unpaired) electrons. The van der Waals surface area contributed by atoms with Crippen molar-refractivity contribution < 1.29 is 4.79 Å². The first-order valence-electron chi connectivity index (χ1n) is 6.22. The van der Waals surface area contributed by atoms with Gasteiger partial charge in [-0.1, -0.05) is 37.6 Å². The number of rotatable bonds is 0. The fourth-order valence-corrected chi connectivity index (χ4v) is 1.71. The fraction of sp³-hybridized carbons (Fsp3) is 0.533. The van der Waals surface area contributed by atoms with Crippen LogP contribution in [0.2, 0.25) is 0 Å². The van der Waals surface area contributed by atoms with Gasteiger partial charge >= 0.3 is 0 Å². The van der Waals surface area contributed by atoms with Crippen molar-refractivity contribution in [2.24, 2.45) is 5.41 Å². The summed E-state index contributed by atoms with van der Waals surface area (Å²) >= 11 is 0. The van der Waals surface area contributed by atoms with Gasteiger partial charge in [0.15, 0.2) is 0 Å². The van der Waals surface area contributed by atoms with Gasteiger partial charge in [0.05, 0.1) is 0 Å². The lowest BCUT2D eigenvalue weighted by atomic mass is 9.87. The highest BCUT2D eigenvalue weighted by Crippen LogP contribution is 2.24. The first kappa shape index (κ1) is 13.8. The molecule has 0 spiro atoms. The molecule has 1 rings (SSSR count). The van der Waals surface area contributed by atoms with E-state index < -0.39 is 0 Å². The SMILES string of the molecule is C/C1=C/CC/C(C)=C/CC(C)(C)/C=C/C(=O)N1. The molecule has 2 nitrogen and oxygen atoms in total. The van der Waals surface area contributed by atoms with E-state index in [1.165, 1.54) is 5.57 Å². The molecule has 0 atom stereocenters. The molecule has 0 saturated carbocycles. The number of hydrogen-bond donors (Lipinski definition) is 1. The molecule has 1 heterocycles. The van der Waals surface area contributed by atoms with E-state index in [0.717, 1.165) is 25.0 Å². The van der Waals surface area contributed by atoms with Crippen LogP contribution >= 0.6 is 0 Å². The van der Waals surface area contributed by atoms with E-state index in [-0.39, 0.29) is 11.3 Å². The van der Waals surface area contributed by atoms with Gasteiger partial charge in [-0.05, 0) is 44.6 Å². The second-order valence-electron chi connectivity index (χ2n) is 5.49. The molecule has 0 unspecified atom stereocenters. The first-order valence-corrected chi connectivity index (χ1v) is 6.22. The Morgan fingerprint density at radius 3 is 2.65 bits per heavy atom. The Hall–Kier alpha value is -1.31. The van der Waals surface area contributed by atoms with Crippen LogP contribution in [-0.2, 0) is 4.79 Å². The molecule has 0 aliphatic carbocycles. The third-order valence-corrected chi connectivity index (χ3v) is 2.97. The van der Waals surface area contributed by atoms with Crippen LogP contribution in [0.4, 0.5) is 0 Å². The van der Waals surface area contributed by atoms with Crippen molar-refractivity contribution in [3.63, 3.8) is 0 Å². The van der Waals surface area contributed by atoms with Crippen molar-refractivity contribution in [3.05, 3.63) is 35.6 Å². The molecule has 2 heteroatoms. The highest BCUT2D eigenvalue weighted by molar-refractivity contribution is 5.88. The summed E-state index contributed by atoms with van der Waals surface area (Å²) < 4.78 is 0. The standard InChI is InChI=1S/C15H23NO/c1-12-6-5-7-13(2)16-14(17)9-11-15(3,4)10-8-12/h7-9,11H,5-6,10H2,1-4H3,(H,16,17)/b11-9+,12-8+,13-7-. The van der Waals surface area contributed by atoms with Crippen LogP contribution in [-0.4, -0.2) is 5.91 Å². The Labute approximate surface area is 104 Å².